The van der Waals surface area contributed by atoms with Gasteiger partial charge in [0.25, 0.3) is 0 Å². The normalized spacial score (nSPS) is 5.00. The summed E-state index contributed by atoms with van der Waals surface area (Å²) in [5.74, 6) is 0.833. The van der Waals surface area contributed by atoms with Crippen LogP contribution < -0.4 is 0 Å². The highest BCUT2D eigenvalue weighted by Crippen LogP contribution is 1.91. The van der Waals surface area contributed by atoms with Crippen LogP contribution in [0.1, 0.15) is 211 Å². The molecule has 0 saturated carbocycles. The SMILES string of the molecule is C.C.C.C.C.C.C.C.C.C.C.C.C.C.C.C.C.C.C.C.C.CC(C)C.CCC.CCN(C)CCN(CC)CN(C)C.[B]. The van der Waals surface area contributed by atoms with Gasteiger partial charge in [0.15, 0.2) is 0 Å². The van der Waals surface area contributed by atoms with Gasteiger partial charge in [-0.15, -0.1) is 0 Å². The Labute approximate surface area is 293 Å². The lowest BCUT2D eigenvalue weighted by Gasteiger charge is -2.26. The Morgan fingerprint density at radius 1 is 0.405 bits per heavy atom. The van der Waals surface area contributed by atoms with Crippen LogP contribution in [0.15, 0.2) is 0 Å². The Morgan fingerprint density at radius 3 is 0.714 bits per heavy atom. The van der Waals surface area contributed by atoms with Crippen LogP contribution in [0, 0.1) is 5.92 Å². The van der Waals surface area contributed by atoms with E-state index in [1.165, 1.54) is 13.0 Å². The Balaban J connectivity index is -0.00000000402. The fourth-order valence-corrected chi connectivity index (χ4v) is 1.20. The van der Waals surface area contributed by atoms with Crippen LogP contribution in [0.3, 0.4) is 0 Å². The molecular formula is C38H127BN3. The van der Waals surface area contributed by atoms with E-state index in [-0.39, 0.29) is 164 Å². The Bertz CT molecular complexity index is 166. The van der Waals surface area contributed by atoms with E-state index in [4.69, 9.17) is 0 Å². The molecule has 0 aliphatic heterocycles. The van der Waals surface area contributed by atoms with Crippen LogP contribution in [0.25, 0.3) is 0 Å². The minimum absolute atomic E-state index is 0. The molecule has 0 fully saturated rings. The maximum atomic E-state index is 2.45. The summed E-state index contributed by atoms with van der Waals surface area (Å²) in [5.41, 5.74) is 0. The van der Waals surface area contributed by atoms with Crippen molar-refractivity contribution in [2.75, 3.05) is 54.0 Å². The van der Waals surface area contributed by atoms with Crippen LogP contribution in [-0.4, -0.2) is 77.1 Å². The van der Waals surface area contributed by atoms with Crippen molar-refractivity contribution in [2.45, 2.75) is 211 Å². The van der Waals surface area contributed by atoms with Crippen LogP contribution in [0.5, 0.6) is 0 Å². The number of hydrogen-bond donors (Lipinski definition) is 0. The van der Waals surface area contributed by atoms with E-state index in [1.54, 1.807) is 0 Å². The minimum Gasteiger partial charge on any atom is -0.305 e. The Kier molecular flexibility index (Phi) is 1180. The predicted molar refractivity (Wildman–Crippen MR) is 243 cm³/mol. The van der Waals surface area contributed by atoms with Gasteiger partial charge in [-0.05, 0) is 40.2 Å². The summed E-state index contributed by atoms with van der Waals surface area (Å²) in [6.07, 6.45) is 1.25. The molecule has 0 heterocycles. The van der Waals surface area contributed by atoms with Gasteiger partial charge < -0.3 is 4.90 Å². The monoisotopic (exact) mass is 637 g/mol. The number of nitrogens with zero attached hydrogens (tertiary/aromatic N) is 3. The first-order valence-electron chi connectivity index (χ1n) is 8.30. The van der Waals surface area contributed by atoms with Crippen molar-refractivity contribution in [3.63, 3.8) is 0 Å². The molecule has 0 saturated heterocycles. The number of likely N-dealkylation sites (N-methyl/N-ethyl adjacent to an activating group) is 2. The lowest BCUT2D eigenvalue weighted by atomic mass is 10.3. The molecule has 0 spiro atoms. The highest BCUT2D eigenvalue weighted by Gasteiger charge is 2.03. The third-order valence-electron chi connectivity index (χ3n) is 2.27. The second-order valence-electron chi connectivity index (χ2n) is 6.27. The molecule has 4 heteroatoms. The van der Waals surface area contributed by atoms with Crippen molar-refractivity contribution in [1.82, 2.24) is 14.7 Å². The van der Waals surface area contributed by atoms with Gasteiger partial charge in [-0.25, -0.2) is 0 Å². The first-order chi connectivity index (χ1) is 9.24. The van der Waals surface area contributed by atoms with Crippen molar-refractivity contribution >= 4 is 8.41 Å². The van der Waals surface area contributed by atoms with Crippen molar-refractivity contribution in [3.05, 3.63) is 0 Å². The van der Waals surface area contributed by atoms with E-state index in [0.29, 0.717) is 0 Å². The summed E-state index contributed by atoms with van der Waals surface area (Å²) in [7, 11) is 6.40. The largest absolute Gasteiger partial charge is 0.305 e. The topological polar surface area (TPSA) is 9.72 Å². The molecule has 0 amide bonds. The quantitative estimate of drug-likeness (QED) is 0.203. The van der Waals surface area contributed by atoms with E-state index < -0.39 is 0 Å². The molecule has 42 heavy (non-hydrogen) atoms. The minimum atomic E-state index is 0. The molecule has 0 rings (SSSR count). The zero-order valence-corrected chi connectivity index (χ0v) is 16.7. The summed E-state index contributed by atoms with van der Waals surface area (Å²) < 4.78 is 0. The van der Waals surface area contributed by atoms with Gasteiger partial charge in [-0.3, -0.25) is 9.80 Å². The van der Waals surface area contributed by atoms with Gasteiger partial charge in [0.05, 0.1) is 6.67 Å². The van der Waals surface area contributed by atoms with Gasteiger partial charge in [-0.2, -0.15) is 0 Å². The average Bonchev–Trinajstić information content (AvgIpc) is 2.33. The zero-order valence-electron chi connectivity index (χ0n) is 16.7. The molecule has 0 aliphatic carbocycles. The molecule has 3 radical (unpaired) electrons. The molecule has 0 aromatic rings. The lowest BCUT2D eigenvalue weighted by molar-refractivity contribution is 0.165. The smallest absolute Gasteiger partial charge is 0.0501 e. The molecule has 0 unspecified atom stereocenters. The molecule has 0 aromatic heterocycles. The highest BCUT2D eigenvalue weighted by atomic mass is 15.3. The fourth-order valence-electron chi connectivity index (χ4n) is 1.20. The Morgan fingerprint density at radius 2 is 0.595 bits per heavy atom. The van der Waals surface area contributed by atoms with Gasteiger partial charge in [-0.1, -0.05) is 211 Å². The number of hydrogen-bond acceptors (Lipinski definition) is 3. The highest BCUT2D eigenvalue weighted by molar-refractivity contribution is 5.75. The van der Waals surface area contributed by atoms with Crippen molar-refractivity contribution in [2.24, 2.45) is 5.92 Å². The number of rotatable bonds is 7. The molecule has 0 N–H and O–H groups in total. The second kappa shape index (κ2) is 203. The van der Waals surface area contributed by atoms with Crippen molar-refractivity contribution < 1.29 is 0 Å². The standard InChI is InChI=1S/C10H25N3.C4H10.C3H8.21CH4.B/c1-6-12(5)8-9-13(7-2)10-11(3)4;1-4(2)3;1-3-2;;;;;;;;;;;;;;;;;;;;;;/h6-10H2,1-5H3;4H,1-3H3;3H2,1-2H3;21*1H4;. The maximum absolute atomic E-state index is 2.45. The first kappa shape index (κ1) is 245. The summed E-state index contributed by atoms with van der Waals surface area (Å²) in [4.78, 5) is 7.01. The van der Waals surface area contributed by atoms with Gasteiger partial charge in [0.1, 0.15) is 0 Å². The third kappa shape index (κ3) is 362. The van der Waals surface area contributed by atoms with Crippen molar-refractivity contribution in [3.8, 4) is 0 Å². The van der Waals surface area contributed by atoms with Crippen molar-refractivity contribution in [1.29, 1.82) is 0 Å². The second-order valence-corrected chi connectivity index (χ2v) is 6.27. The summed E-state index contributed by atoms with van der Waals surface area (Å²) in [6.45, 7) is 20.8. The average molecular weight is 637 g/mol. The first-order valence-corrected chi connectivity index (χ1v) is 8.30. The van der Waals surface area contributed by atoms with Gasteiger partial charge in [0, 0.05) is 21.5 Å². The molecule has 0 atom stereocenters. The van der Waals surface area contributed by atoms with E-state index in [1.807, 2.05) is 0 Å². The van der Waals surface area contributed by atoms with E-state index in [0.717, 1.165) is 32.2 Å². The van der Waals surface area contributed by atoms with Gasteiger partial charge >= 0.3 is 0 Å². The van der Waals surface area contributed by atoms with Crippen LogP contribution in [0.2, 0.25) is 0 Å². The summed E-state index contributed by atoms with van der Waals surface area (Å²) in [5, 5.41) is 0. The maximum Gasteiger partial charge on any atom is 0.0501 e. The molecule has 297 valence electrons. The van der Waals surface area contributed by atoms with Gasteiger partial charge in [0.2, 0.25) is 0 Å². The van der Waals surface area contributed by atoms with Crippen LogP contribution >= 0.6 is 0 Å². The summed E-state index contributed by atoms with van der Waals surface area (Å²) >= 11 is 0. The predicted octanol–water partition coefficient (Wildman–Crippen LogP) is 16.8. The zero-order chi connectivity index (χ0) is 16.6. The third-order valence-corrected chi connectivity index (χ3v) is 2.27. The molecule has 0 aliphatic rings. The molecule has 0 bridgehead atoms. The van der Waals surface area contributed by atoms with E-state index in [2.05, 4.69) is 84.3 Å². The molecule has 0 aromatic carbocycles. The fraction of sp³-hybridized carbons (Fsp3) is 1.00. The van der Waals surface area contributed by atoms with Crippen LogP contribution in [0.4, 0.5) is 0 Å². The molecule has 3 nitrogen and oxygen atoms in total. The van der Waals surface area contributed by atoms with Crippen LogP contribution in [-0.2, 0) is 0 Å². The molecular weight excluding hydrogens is 509 g/mol. The van der Waals surface area contributed by atoms with E-state index in [9.17, 15) is 0 Å². The summed E-state index contributed by atoms with van der Waals surface area (Å²) in [6, 6.07) is 0. The Hall–Kier alpha value is -0.0551. The lowest BCUT2D eigenvalue weighted by Crippen LogP contribution is -2.38. The van der Waals surface area contributed by atoms with E-state index >= 15 is 0 Å².